The van der Waals surface area contributed by atoms with Gasteiger partial charge in [0.1, 0.15) is 5.75 Å². The molecule has 100 valence electrons. The van der Waals surface area contributed by atoms with Crippen LogP contribution in [0.15, 0.2) is 42.5 Å². The molecule has 0 aliphatic heterocycles. The highest BCUT2D eigenvalue weighted by Gasteiger charge is 2.24. The maximum atomic E-state index is 5.39. The number of allylic oxidation sites excluding steroid dienone is 4. The third kappa shape index (κ3) is 1.29. The molecule has 1 unspecified atom stereocenters. The molecule has 0 spiro atoms. The van der Waals surface area contributed by atoms with E-state index in [-0.39, 0.29) is 0 Å². The van der Waals surface area contributed by atoms with Crippen LogP contribution >= 0.6 is 0 Å². The van der Waals surface area contributed by atoms with Crippen LogP contribution < -0.4 is 15.3 Å². The van der Waals surface area contributed by atoms with Crippen LogP contribution in [0.5, 0.6) is 5.75 Å². The molecule has 1 aromatic heterocycles. The van der Waals surface area contributed by atoms with E-state index in [0.717, 1.165) is 5.75 Å². The Hall–Kier alpha value is -2.22. The largest absolute Gasteiger partial charge is 0.497 e. The van der Waals surface area contributed by atoms with Gasteiger partial charge in [-0.3, -0.25) is 0 Å². The Balaban J connectivity index is 2.25. The zero-order valence-electron chi connectivity index (χ0n) is 12.0. The fourth-order valence-electron chi connectivity index (χ4n) is 3.59. The van der Waals surface area contributed by atoms with E-state index in [1.165, 1.54) is 32.6 Å². The zero-order valence-corrected chi connectivity index (χ0v) is 12.0. The third-order valence-corrected chi connectivity index (χ3v) is 4.57. The van der Waals surface area contributed by atoms with Gasteiger partial charge >= 0.3 is 0 Å². The summed E-state index contributed by atoms with van der Waals surface area (Å²) in [6.07, 6.45) is 8.81. The minimum absolute atomic E-state index is 0.437. The third-order valence-electron chi connectivity index (χ3n) is 4.57. The molecular weight excluding hydrogens is 246 g/mol. The van der Waals surface area contributed by atoms with Gasteiger partial charge in [-0.05, 0) is 30.7 Å². The van der Waals surface area contributed by atoms with Crippen LogP contribution in [-0.2, 0) is 7.05 Å². The van der Waals surface area contributed by atoms with Crippen LogP contribution in [-0.4, -0.2) is 11.7 Å². The lowest BCUT2D eigenvalue weighted by Crippen LogP contribution is -2.27. The molecule has 1 atom stereocenters. The molecule has 0 bridgehead atoms. The van der Waals surface area contributed by atoms with Gasteiger partial charge in [-0.2, -0.15) is 0 Å². The Morgan fingerprint density at radius 3 is 2.85 bits per heavy atom. The lowest BCUT2D eigenvalue weighted by atomic mass is 9.92. The van der Waals surface area contributed by atoms with Crippen molar-refractivity contribution in [2.75, 3.05) is 7.11 Å². The Labute approximate surface area is 118 Å². The van der Waals surface area contributed by atoms with Gasteiger partial charge in [-0.1, -0.05) is 29.9 Å². The average Bonchev–Trinajstić information content (AvgIpc) is 2.95. The standard InChI is InChI=1S/C18H17NO/c1-11-13-6-4-5-7-14(13)18-17(11)15-10-12(20-3)8-9-16(15)19(18)2/h4-10,13H,1-3H3. The first-order chi connectivity index (χ1) is 9.72. The smallest absolute Gasteiger partial charge is 0.119 e. The first kappa shape index (κ1) is 11.6. The molecule has 2 nitrogen and oxygen atoms in total. The molecule has 0 amide bonds. The van der Waals surface area contributed by atoms with Crippen molar-refractivity contribution >= 4 is 22.0 Å². The topological polar surface area (TPSA) is 14.2 Å². The molecule has 0 saturated carbocycles. The molecule has 1 aromatic carbocycles. The number of benzene rings is 1. The SMILES string of the molecule is COc1ccc2c(c1)c1c(n2C)=C2C=CC=CC2C=1C. The number of methoxy groups -OCH3 is 1. The van der Waals surface area contributed by atoms with E-state index in [4.69, 9.17) is 4.74 Å². The predicted octanol–water partition coefficient (Wildman–Crippen LogP) is 2.26. The van der Waals surface area contributed by atoms with Crippen molar-refractivity contribution in [2.45, 2.75) is 6.92 Å². The van der Waals surface area contributed by atoms with E-state index in [2.05, 4.69) is 55.0 Å². The number of aryl methyl sites for hydroxylation is 1. The molecule has 2 heteroatoms. The number of rotatable bonds is 1. The fraction of sp³-hybridized carbons (Fsp3) is 0.222. The van der Waals surface area contributed by atoms with Crippen molar-refractivity contribution < 1.29 is 4.74 Å². The summed E-state index contributed by atoms with van der Waals surface area (Å²) >= 11 is 0. The van der Waals surface area contributed by atoms with Crippen molar-refractivity contribution in [3.63, 3.8) is 0 Å². The highest BCUT2D eigenvalue weighted by molar-refractivity contribution is 5.91. The summed E-state index contributed by atoms with van der Waals surface area (Å²) in [7, 11) is 3.88. The summed E-state index contributed by atoms with van der Waals surface area (Å²) in [6.45, 7) is 2.25. The zero-order chi connectivity index (χ0) is 13.9. The number of ether oxygens (including phenoxy) is 1. The van der Waals surface area contributed by atoms with E-state index in [1.54, 1.807) is 7.11 Å². The highest BCUT2D eigenvalue weighted by atomic mass is 16.5. The van der Waals surface area contributed by atoms with Gasteiger partial charge in [0.25, 0.3) is 0 Å². The second-order valence-electron chi connectivity index (χ2n) is 5.53. The molecular formula is C18H17NO. The van der Waals surface area contributed by atoms with Gasteiger partial charge in [0, 0.05) is 29.1 Å². The molecule has 4 rings (SSSR count). The maximum Gasteiger partial charge on any atom is 0.119 e. The van der Waals surface area contributed by atoms with Crippen LogP contribution in [0, 0.1) is 5.92 Å². The first-order valence-electron chi connectivity index (χ1n) is 6.94. The van der Waals surface area contributed by atoms with E-state index >= 15 is 0 Å². The minimum Gasteiger partial charge on any atom is -0.497 e. The molecule has 2 aliphatic carbocycles. The monoisotopic (exact) mass is 263 g/mol. The number of aromatic nitrogens is 1. The molecule has 2 aliphatic rings. The fourth-order valence-corrected chi connectivity index (χ4v) is 3.59. The molecule has 20 heavy (non-hydrogen) atoms. The highest BCUT2D eigenvalue weighted by Crippen LogP contribution is 2.30. The minimum atomic E-state index is 0.437. The first-order valence-corrected chi connectivity index (χ1v) is 6.94. The van der Waals surface area contributed by atoms with Gasteiger partial charge in [0.05, 0.1) is 12.5 Å². The number of nitrogens with zero attached hydrogens (tertiary/aromatic N) is 1. The van der Waals surface area contributed by atoms with E-state index in [0.29, 0.717) is 5.92 Å². The number of hydrogen-bond donors (Lipinski definition) is 0. The lowest BCUT2D eigenvalue weighted by Gasteiger charge is -2.13. The van der Waals surface area contributed by atoms with Crippen LogP contribution in [0.3, 0.4) is 0 Å². The normalized spacial score (nSPS) is 19.6. The van der Waals surface area contributed by atoms with Crippen molar-refractivity contribution in [1.82, 2.24) is 4.57 Å². The van der Waals surface area contributed by atoms with Crippen LogP contribution in [0.2, 0.25) is 0 Å². The predicted molar refractivity (Wildman–Crippen MR) is 83.0 cm³/mol. The van der Waals surface area contributed by atoms with E-state index in [1.807, 2.05) is 6.07 Å². The number of fused-ring (bicyclic) bond motifs is 4. The molecule has 0 radical (unpaired) electrons. The Kier molecular flexibility index (Phi) is 2.25. The van der Waals surface area contributed by atoms with Gasteiger partial charge in [-0.25, -0.2) is 0 Å². The lowest BCUT2D eigenvalue weighted by molar-refractivity contribution is 0.415. The van der Waals surface area contributed by atoms with E-state index in [9.17, 15) is 0 Å². The van der Waals surface area contributed by atoms with Crippen molar-refractivity contribution in [2.24, 2.45) is 13.0 Å². The quantitative estimate of drug-likeness (QED) is 0.770. The Morgan fingerprint density at radius 2 is 2.05 bits per heavy atom. The maximum absolute atomic E-state index is 5.39. The molecule has 0 saturated heterocycles. The summed E-state index contributed by atoms with van der Waals surface area (Å²) in [5.74, 6) is 1.36. The van der Waals surface area contributed by atoms with E-state index < -0.39 is 0 Å². The van der Waals surface area contributed by atoms with Crippen LogP contribution in [0.25, 0.3) is 22.0 Å². The number of hydrogen-bond acceptors (Lipinski definition) is 1. The van der Waals surface area contributed by atoms with Gasteiger partial charge in [0.15, 0.2) is 0 Å². The molecule has 0 fully saturated rings. The van der Waals surface area contributed by atoms with Gasteiger partial charge < -0.3 is 9.30 Å². The summed E-state index contributed by atoms with van der Waals surface area (Å²) in [4.78, 5) is 0. The average molecular weight is 263 g/mol. The summed E-state index contributed by atoms with van der Waals surface area (Å²) in [6, 6.07) is 6.34. The van der Waals surface area contributed by atoms with Gasteiger partial charge in [-0.15, -0.1) is 0 Å². The van der Waals surface area contributed by atoms with Crippen molar-refractivity contribution in [1.29, 1.82) is 0 Å². The summed E-state index contributed by atoms with van der Waals surface area (Å²) in [5, 5.41) is 4.04. The molecule has 1 heterocycles. The molecule has 2 aromatic rings. The second kappa shape index (κ2) is 3.89. The molecule has 0 N–H and O–H groups in total. The summed E-state index contributed by atoms with van der Waals surface area (Å²) in [5.41, 5.74) is 4.12. The Bertz CT molecular complexity index is 909. The van der Waals surface area contributed by atoms with Crippen molar-refractivity contribution in [3.05, 3.63) is 53.1 Å². The summed E-state index contributed by atoms with van der Waals surface area (Å²) < 4.78 is 7.70. The van der Waals surface area contributed by atoms with Crippen molar-refractivity contribution in [3.8, 4) is 5.75 Å². The van der Waals surface area contributed by atoms with Gasteiger partial charge in [0.2, 0.25) is 0 Å². The second-order valence-corrected chi connectivity index (χ2v) is 5.53. The van der Waals surface area contributed by atoms with Crippen LogP contribution in [0.1, 0.15) is 6.92 Å². The van der Waals surface area contributed by atoms with Crippen LogP contribution in [0.4, 0.5) is 0 Å². The Morgan fingerprint density at radius 1 is 1.20 bits per heavy atom.